The lowest BCUT2D eigenvalue weighted by Gasteiger charge is -2.29. The van der Waals surface area contributed by atoms with Gasteiger partial charge in [-0.25, -0.2) is 0 Å². The molecule has 3 rings (SSSR count). The van der Waals surface area contributed by atoms with Crippen molar-refractivity contribution in [3.63, 3.8) is 0 Å². The van der Waals surface area contributed by atoms with Gasteiger partial charge in [0.05, 0.1) is 19.8 Å². The maximum Gasteiger partial charge on any atom is 0.258 e. The topological polar surface area (TPSA) is 85.1 Å². The number of methoxy groups -OCH3 is 2. The second-order valence-electron chi connectivity index (χ2n) is 7.75. The van der Waals surface area contributed by atoms with Crippen molar-refractivity contribution in [3.8, 4) is 11.5 Å². The third-order valence-corrected chi connectivity index (χ3v) is 5.80. The van der Waals surface area contributed by atoms with Gasteiger partial charge in [-0.15, -0.1) is 0 Å². The number of hydrogen-bond acceptors (Lipinski definition) is 5. The summed E-state index contributed by atoms with van der Waals surface area (Å²) >= 11 is 0. The molecule has 0 bridgehead atoms. The molecule has 0 radical (unpaired) electrons. The summed E-state index contributed by atoms with van der Waals surface area (Å²) in [5.74, 6) is 0.932. The van der Waals surface area contributed by atoms with E-state index in [1.807, 2.05) is 4.90 Å². The molecule has 1 aromatic rings. The predicted molar refractivity (Wildman–Crippen MR) is 102 cm³/mol. The van der Waals surface area contributed by atoms with E-state index >= 15 is 0 Å². The Morgan fingerprint density at radius 2 is 2.04 bits per heavy atom. The fourth-order valence-corrected chi connectivity index (χ4v) is 3.99. The summed E-state index contributed by atoms with van der Waals surface area (Å²) in [5, 5.41) is 0. The highest BCUT2D eigenvalue weighted by Gasteiger charge is 2.42. The van der Waals surface area contributed by atoms with Gasteiger partial charge in [-0.3, -0.25) is 9.59 Å². The number of nitrogens with zero attached hydrogens (tertiary/aromatic N) is 2. The Bertz CT molecular complexity index is 723. The molecule has 2 amide bonds. The van der Waals surface area contributed by atoms with Gasteiger partial charge in [0.15, 0.2) is 0 Å². The Morgan fingerprint density at radius 1 is 1.26 bits per heavy atom. The van der Waals surface area contributed by atoms with E-state index < -0.39 is 6.04 Å². The minimum Gasteiger partial charge on any atom is -0.497 e. The number of carbonyl (C=O) groups is 2. The molecule has 2 atom stereocenters. The average molecular weight is 375 g/mol. The number of hydrogen-bond donors (Lipinski definition) is 1. The molecule has 0 saturated carbocycles. The molecule has 0 aromatic heterocycles. The van der Waals surface area contributed by atoms with Gasteiger partial charge in [-0.05, 0) is 43.4 Å². The Labute approximate surface area is 160 Å². The standard InChI is InChI=1S/C20H29N3O4/c1-20(12-21)8-10-22(13-20)19(25)16-5-4-9-23(16)18(24)15-7-6-14(26-2)11-17(15)27-3/h6-7,11,16H,4-5,8-10,12-13,21H2,1-3H3. The summed E-state index contributed by atoms with van der Waals surface area (Å²) in [5.41, 5.74) is 6.29. The van der Waals surface area contributed by atoms with Crippen LogP contribution in [0.5, 0.6) is 11.5 Å². The summed E-state index contributed by atoms with van der Waals surface area (Å²) in [7, 11) is 3.09. The van der Waals surface area contributed by atoms with Crippen molar-refractivity contribution in [2.75, 3.05) is 40.4 Å². The van der Waals surface area contributed by atoms with Gasteiger partial charge in [-0.2, -0.15) is 0 Å². The summed E-state index contributed by atoms with van der Waals surface area (Å²) in [4.78, 5) is 29.8. The molecule has 2 N–H and O–H groups in total. The maximum atomic E-state index is 13.2. The van der Waals surface area contributed by atoms with E-state index in [-0.39, 0.29) is 17.2 Å². The third kappa shape index (κ3) is 3.74. The zero-order valence-corrected chi connectivity index (χ0v) is 16.4. The van der Waals surface area contributed by atoms with Crippen LogP contribution < -0.4 is 15.2 Å². The van der Waals surface area contributed by atoms with Crippen molar-refractivity contribution < 1.29 is 19.1 Å². The normalized spacial score (nSPS) is 25.0. The highest BCUT2D eigenvalue weighted by Crippen LogP contribution is 2.32. The second kappa shape index (κ2) is 7.76. The van der Waals surface area contributed by atoms with Crippen molar-refractivity contribution >= 4 is 11.8 Å². The van der Waals surface area contributed by atoms with E-state index in [0.717, 1.165) is 12.8 Å². The number of nitrogens with two attached hydrogens (primary N) is 1. The lowest BCUT2D eigenvalue weighted by atomic mass is 9.90. The number of benzene rings is 1. The van der Waals surface area contributed by atoms with Gasteiger partial charge < -0.3 is 25.0 Å². The van der Waals surface area contributed by atoms with Crippen LogP contribution in [0.25, 0.3) is 0 Å². The van der Waals surface area contributed by atoms with Crippen LogP contribution in [0, 0.1) is 5.41 Å². The van der Waals surface area contributed by atoms with E-state index in [4.69, 9.17) is 15.2 Å². The van der Waals surface area contributed by atoms with Crippen LogP contribution >= 0.6 is 0 Å². The smallest absolute Gasteiger partial charge is 0.258 e. The molecule has 0 spiro atoms. The number of rotatable bonds is 5. The Balaban J connectivity index is 1.78. The van der Waals surface area contributed by atoms with Crippen LogP contribution in [0.2, 0.25) is 0 Å². The zero-order chi connectivity index (χ0) is 19.6. The van der Waals surface area contributed by atoms with Crippen LogP contribution in [0.1, 0.15) is 36.5 Å². The van der Waals surface area contributed by atoms with Crippen LogP contribution in [0.3, 0.4) is 0 Å². The van der Waals surface area contributed by atoms with Crippen LogP contribution in [0.15, 0.2) is 18.2 Å². The van der Waals surface area contributed by atoms with Crippen molar-refractivity contribution in [3.05, 3.63) is 23.8 Å². The van der Waals surface area contributed by atoms with Gasteiger partial charge >= 0.3 is 0 Å². The summed E-state index contributed by atoms with van der Waals surface area (Å²) < 4.78 is 10.6. The fourth-order valence-electron chi connectivity index (χ4n) is 3.99. The fraction of sp³-hybridized carbons (Fsp3) is 0.600. The average Bonchev–Trinajstić information content (AvgIpc) is 3.34. The molecule has 2 aliphatic heterocycles. The Hall–Kier alpha value is -2.28. The third-order valence-electron chi connectivity index (χ3n) is 5.80. The minimum absolute atomic E-state index is 0.0255. The lowest BCUT2D eigenvalue weighted by molar-refractivity contribution is -0.134. The lowest BCUT2D eigenvalue weighted by Crippen LogP contribution is -2.48. The van der Waals surface area contributed by atoms with E-state index in [9.17, 15) is 9.59 Å². The van der Waals surface area contributed by atoms with Crippen LogP contribution in [-0.2, 0) is 4.79 Å². The molecule has 0 aliphatic carbocycles. The monoisotopic (exact) mass is 375 g/mol. The number of amides is 2. The van der Waals surface area contributed by atoms with Gasteiger partial charge in [0.1, 0.15) is 17.5 Å². The van der Waals surface area contributed by atoms with Gasteiger partial charge in [0, 0.05) is 25.7 Å². The molecule has 7 heteroatoms. The van der Waals surface area contributed by atoms with E-state index in [2.05, 4.69) is 6.92 Å². The molecular formula is C20H29N3O4. The summed E-state index contributed by atoms with van der Waals surface area (Å²) in [6, 6.07) is 4.70. The first-order chi connectivity index (χ1) is 12.9. The first-order valence-electron chi connectivity index (χ1n) is 9.44. The molecule has 2 unspecified atom stereocenters. The van der Waals surface area contributed by atoms with E-state index in [1.54, 1.807) is 30.2 Å². The van der Waals surface area contributed by atoms with Gasteiger partial charge in [0.2, 0.25) is 5.91 Å². The first kappa shape index (κ1) is 19.5. The molecule has 27 heavy (non-hydrogen) atoms. The van der Waals surface area contributed by atoms with Crippen molar-refractivity contribution in [1.29, 1.82) is 0 Å². The predicted octanol–water partition coefficient (Wildman–Crippen LogP) is 1.51. The van der Waals surface area contributed by atoms with Crippen molar-refractivity contribution in [2.45, 2.75) is 32.2 Å². The number of carbonyl (C=O) groups excluding carboxylic acids is 2. The Morgan fingerprint density at radius 3 is 2.67 bits per heavy atom. The number of ether oxygens (including phenoxy) is 2. The van der Waals surface area contributed by atoms with E-state index in [1.165, 1.54) is 7.11 Å². The molecule has 2 aliphatic rings. The molecule has 1 aromatic carbocycles. The zero-order valence-electron chi connectivity index (χ0n) is 16.4. The minimum atomic E-state index is -0.413. The van der Waals surface area contributed by atoms with Crippen molar-refractivity contribution in [1.82, 2.24) is 9.80 Å². The SMILES string of the molecule is COc1ccc(C(=O)N2CCCC2C(=O)N2CCC(C)(CN)C2)c(OC)c1. The van der Waals surface area contributed by atoms with Crippen molar-refractivity contribution in [2.24, 2.45) is 11.1 Å². The quantitative estimate of drug-likeness (QED) is 0.843. The van der Waals surface area contributed by atoms with Gasteiger partial charge in [-0.1, -0.05) is 6.92 Å². The van der Waals surface area contributed by atoms with Crippen LogP contribution in [0.4, 0.5) is 0 Å². The molecule has 2 heterocycles. The summed E-state index contributed by atoms with van der Waals surface area (Å²) in [6.07, 6.45) is 2.42. The van der Waals surface area contributed by atoms with E-state index in [0.29, 0.717) is 49.7 Å². The maximum absolute atomic E-state index is 13.2. The molecule has 2 saturated heterocycles. The molecule has 2 fully saturated rings. The molecule has 7 nitrogen and oxygen atoms in total. The van der Waals surface area contributed by atoms with Crippen LogP contribution in [-0.4, -0.2) is 68.1 Å². The molecule has 148 valence electrons. The largest absolute Gasteiger partial charge is 0.497 e. The Kier molecular flexibility index (Phi) is 5.60. The number of likely N-dealkylation sites (tertiary alicyclic amines) is 2. The first-order valence-corrected chi connectivity index (χ1v) is 9.44. The highest BCUT2D eigenvalue weighted by molar-refractivity contribution is 6.00. The second-order valence-corrected chi connectivity index (χ2v) is 7.75. The molecular weight excluding hydrogens is 346 g/mol. The van der Waals surface area contributed by atoms with Gasteiger partial charge in [0.25, 0.3) is 5.91 Å². The summed E-state index contributed by atoms with van der Waals surface area (Å²) in [6.45, 7) is 4.61. The highest BCUT2D eigenvalue weighted by atomic mass is 16.5.